The van der Waals surface area contributed by atoms with Crippen molar-refractivity contribution in [3.05, 3.63) is 35.9 Å². The number of ketones is 1. The molecule has 0 aromatic heterocycles. The molecule has 2 amide bonds. The zero-order valence-corrected chi connectivity index (χ0v) is 14.7. The van der Waals surface area contributed by atoms with Crippen molar-refractivity contribution in [1.29, 1.82) is 0 Å². The second-order valence-electron chi connectivity index (χ2n) is 7.33. The molecule has 1 aromatic carbocycles. The van der Waals surface area contributed by atoms with Crippen LogP contribution in [0.1, 0.15) is 37.0 Å². The molecule has 2 aliphatic rings. The number of fused-ring (bicyclic) bond motifs is 1. The lowest BCUT2D eigenvalue weighted by atomic mass is 10.0. The maximum Gasteiger partial charge on any atom is 0.254 e. The van der Waals surface area contributed by atoms with E-state index in [4.69, 9.17) is 5.73 Å². The van der Waals surface area contributed by atoms with Gasteiger partial charge in [-0.3, -0.25) is 14.4 Å². The second-order valence-corrected chi connectivity index (χ2v) is 7.33. The Morgan fingerprint density at radius 1 is 1.20 bits per heavy atom. The monoisotopic (exact) mass is 343 g/mol. The van der Waals surface area contributed by atoms with E-state index in [-0.39, 0.29) is 30.2 Å². The highest BCUT2D eigenvalue weighted by Gasteiger charge is 2.51. The summed E-state index contributed by atoms with van der Waals surface area (Å²) in [7, 11) is 0. The first-order chi connectivity index (χ1) is 11.9. The summed E-state index contributed by atoms with van der Waals surface area (Å²) in [5, 5.41) is 0. The van der Waals surface area contributed by atoms with E-state index in [1.165, 1.54) is 0 Å². The van der Waals surface area contributed by atoms with Crippen LogP contribution < -0.4 is 5.73 Å². The molecule has 0 aliphatic carbocycles. The predicted octanol–water partition coefficient (Wildman–Crippen LogP) is 1.05. The highest BCUT2D eigenvalue weighted by atomic mass is 16.2. The summed E-state index contributed by atoms with van der Waals surface area (Å²) in [6.07, 6.45) is 1.21. The van der Waals surface area contributed by atoms with Crippen molar-refractivity contribution in [2.24, 2.45) is 11.7 Å². The Kier molecular flexibility index (Phi) is 4.90. The van der Waals surface area contributed by atoms with Gasteiger partial charge in [-0.15, -0.1) is 0 Å². The number of nitrogens with two attached hydrogens (primary N) is 1. The normalized spacial score (nSPS) is 23.9. The Hall–Kier alpha value is -2.21. The zero-order valence-electron chi connectivity index (χ0n) is 14.7. The van der Waals surface area contributed by atoms with E-state index in [0.29, 0.717) is 30.9 Å². The smallest absolute Gasteiger partial charge is 0.254 e. The highest BCUT2D eigenvalue weighted by Crippen LogP contribution is 2.31. The third kappa shape index (κ3) is 3.31. The molecule has 134 valence electrons. The number of carbonyl (C=O) groups excluding carboxylic acids is 3. The van der Waals surface area contributed by atoms with E-state index in [9.17, 15) is 14.4 Å². The summed E-state index contributed by atoms with van der Waals surface area (Å²) in [5.74, 6) is -0.0875. The maximum absolute atomic E-state index is 12.7. The second kappa shape index (κ2) is 6.96. The van der Waals surface area contributed by atoms with Crippen molar-refractivity contribution in [2.45, 2.75) is 44.8 Å². The van der Waals surface area contributed by atoms with Crippen LogP contribution in [-0.2, 0) is 9.59 Å². The molecule has 0 saturated carbocycles. The third-order valence-electron chi connectivity index (χ3n) is 5.03. The van der Waals surface area contributed by atoms with Gasteiger partial charge in [-0.1, -0.05) is 32.0 Å². The first kappa shape index (κ1) is 17.6. The van der Waals surface area contributed by atoms with Gasteiger partial charge in [0.15, 0.2) is 5.78 Å². The molecule has 0 unspecified atom stereocenters. The van der Waals surface area contributed by atoms with Crippen LogP contribution in [0.15, 0.2) is 30.3 Å². The lowest BCUT2D eigenvalue weighted by molar-refractivity contribution is -0.137. The minimum atomic E-state index is -0.592. The van der Waals surface area contributed by atoms with Crippen molar-refractivity contribution in [3.63, 3.8) is 0 Å². The van der Waals surface area contributed by atoms with Crippen molar-refractivity contribution in [3.8, 4) is 0 Å². The zero-order chi connectivity index (χ0) is 18.1. The van der Waals surface area contributed by atoms with Crippen LogP contribution in [0.3, 0.4) is 0 Å². The standard InChI is InChI=1S/C19H25N3O3/c1-12(2)10-14(20)19(25)21-9-8-15-17(21)16(23)11-22(15)18(24)13-6-4-3-5-7-13/h3-7,12,14-15,17H,8-11,20H2,1-2H3/t14-,15+,17-/m0/s1. The van der Waals surface area contributed by atoms with Gasteiger partial charge in [0, 0.05) is 12.1 Å². The lowest BCUT2D eigenvalue weighted by Gasteiger charge is -2.27. The van der Waals surface area contributed by atoms with E-state index in [0.717, 1.165) is 0 Å². The van der Waals surface area contributed by atoms with Gasteiger partial charge in [0.2, 0.25) is 5.91 Å². The van der Waals surface area contributed by atoms with Gasteiger partial charge >= 0.3 is 0 Å². The van der Waals surface area contributed by atoms with Gasteiger partial charge in [0.1, 0.15) is 6.04 Å². The molecule has 6 nitrogen and oxygen atoms in total. The SMILES string of the molecule is CC(C)C[C@H](N)C(=O)N1CC[C@@H]2[C@H]1C(=O)CN2C(=O)c1ccccc1. The summed E-state index contributed by atoms with van der Waals surface area (Å²) in [6, 6.07) is 7.57. The Morgan fingerprint density at radius 3 is 2.52 bits per heavy atom. The Bertz CT molecular complexity index is 674. The molecule has 1 aromatic rings. The predicted molar refractivity (Wildman–Crippen MR) is 93.8 cm³/mol. The summed E-state index contributed by atoms with van der Waals surface area (Å²) in [5.41, 5.74) is 6.60. The summed E-state index contributed by atoms with van der Waals surface area (Å²) in [6.45, 7) is 4.57. The highest BCUT2D eigenvalue weighted by molar-refractivity contribution is 6.02. The minimum absolute atomic E-state index is 0.0618. The van der Waals surface area contributed by atoms with Crippen LogP contribution in [-0.4, -0.2) is 58.6 Å². The number of nitrogens with zero attached hydrogens (tertiary/aromatic N) is 2. The number of Topliss-reactive ketones (excluding diaryl/α,β-unsaturated/α-hetero) is 1. The molecule has 0 spiro atoms. The van der Waals surface area contributed by atoms with Crippen molar-refractivity contribution < 1.29 is 14.4 Å². The molecule has 2 fully saturated rings. The number of carbonyl (C=O) groups is 3. The summed E-state index contributed by atoms with van der Waals surface area (Å²) in [4.78, 5) is 41.1. The lowest BCUT2D eigenvalue weighted by Crippen LogP contribution is -2.50. The minimum Gasteiger partial charge on any atom is -0.329 e. The van der Waals surface area contributed by atoms with Gasteiger partial charge < -0.3 is 15.5 Å². The fourth-order valence-electron chi connectivity index (χ4n) is 3.91. The van der Waals surface area contributed by atoms with Gasteiger partial charge in [0.25, 0.3) is 5.91 Å². The van der Waals surface area contributed by atoms with Crippen molar-refractivity contribution in [2.75, 3.05) is 13.1 Å². The number of hydrogen-bond acceptors (Lipinski definition) is 4. The third-order valence-corrected chi connectivity index (χ3v) is 5.03. The molecule has 25 heavy (non-hydrogen) atoms. The largest absolute Gasteiger partial charge is 0.329 e. The Labute approximate surface area is 148 Å². The number of rotatable bonds is 4. The molecule has 2 heterocycles. The number of benzene rings is 1. The number of hydrogen-bond donors (Lipinski definition) is 1. The molecule has 2 N–H and O–H groups in total. The first-order valence-corrected chi connectivity index (χ1v) is 8.85. The van der Waals surface area contributed by atoms with E-state index >= 15 is 0 Å². The average molecular weight is 343 g/mol. The first-order valence-electron chi connectivity index (χ1n) is 8.85. The molecule has 3 rings (SSSR count). The topological polar surface area (TPSA) is 83.7 Å². The fourth-order valence-corrected chi connectivity index (χ4v) is 3.91. The van der Waals surface area contributed by atoms with E-state index in [1.54, 1.807) is 34.1 Å². The van der Waals surface area contributed by atoms with Crippen LogP contribution in [0.2, 0.25) is 0 Å². The maximum atomic E-state index is 12.7. The molecule has 0 bridgehead atoms. The summed E-state index contributed by atoms with van der Waals surface area (Å²) < 4.78 is 0. The molecule has 3 atom stereocenters. The van der Waals surface area contributed by atoms with Crippen LogP contribution in [0.5, 0.6) is 0 Å². The number of amides is 2. The molecule has 2 aliphatic heterocycles. The summed E-state index contributed by atoms with van der Waals surface area (Å²) >= 11 is 0. The van der Waals surface area contributed by atoms with E-state index in [1.807, 2.05) is 19.9 Å². The van der Waals surface area contributed by atoms with Crippen LogP contribution in [0.25, 0.3) is 0 Å². The molecule has 6 heteroatoms. The van der Waals surface area contributed by atoms with Crippen LogP contribution >= 0.6 is 0 Å². The van der Waals surface area contributed by atoms with Gasteiger partial charge in [0.05, 0.1) is 18.6 Å². The van der Waals surface area contributed by atoms with Crippen LogP contribution in [0.4, 0.5) is 0 Å². The van der Waals surface area contributed by atoms with Crippen LogP contribution in [0, 0.1) is 5.92 Å². The average Bonchev–Trinajstić information content (AvgIpc) is 3.15. The molecule has 2 saturated heterocycles. The van der Waals surface area contributed by atoms with Gasteiger partial charge in [-0.05, 0) is 30.9 Å². The van der Waals surface area contributed by atoms with E-state index < -0.39 is 12.1 Å². The Morgan fingerprint density at radius 2 is 1.88 bits per heavy atom. The van der Waals surface area contributed by atoms with Crippen molar-refractivity contribution in [1.82, 2.24) is 9.80 Å². The fraction of sp³-hybridized carbons (Fsp3) is 0.526. The quantitative estimate of drug-likeness (QED) is 0.886. The Balaban J connectivity index is 1.76. The van der Waals surface area contributed by atoms with E-state index in [2.05, 4.69) is 0 Å². The van der Waals surface area contributed by atoms with Gasteiger partial charge in [-0.2, -0.15) is 0 Å². The van der Waals surface area contributed by atoms with Crippen molar-refractivity contribution >= 4 is 17.6 Å². The molecular weight excluding hydrogens is 318 g/mol. The van der Waals surface area contributed by atoms with Gasteiger partial charge in [-0.25, -0.2) is 0 Å². The number of likely N-dealkylation sites (tertiary alicyclic amines) is 2. The molecule has 0 radical (unpaired) electrons. The molecular formula is C19H25N3O3.